The van der Waals surface area contributed by atoms with E-state index in [1.54, 1.807) is 22.8 Å². The Morgan fingerprint density at radius 1 is 1.41 bits per heavy atom. The van der Waals surface area contributed by atoms with Crippen molar-refractivity contribution in [2.75, 3.05) is 26.4 Å². The Bertz CT molecular complexity index is 569. The molecule has 0 aliphatic carbocycles. The van der Waals surface area contributed by atoms with Crippen LogP contribution in [0.1, 0.15) is 6.42 Å². The minimum atomic E-state index is -0.315. The summed E-state index contributed by atoms with van der Waals surface area (Å²) in [4.78, 5) is 13.8. The van der Waals surface area contributed by atoms with Crippen LogP contribution in [0.2, 0.25) is 0 Å². The Labute approximate surface area is 99.4 Å². The molecule has 5 heteroatoms. The highest BCUT2D eigenvalue weighted by molar-refractivity contribution is 5.76. The Morgan fingerprint density at radius 2 is 2.18 bits per heavy atom. The molecule has 0 atom stereocenters. The van der Waals surface area contributed by atoms with Gasteiger partial charge >= 0.3 is 5.76 Å². The second-order valence-corrected chi connectivity index (χ2v) is 4.40. The number of aromatic nitrogens is 1. The highest BCUT2D eigenvalue weighted by atomic mass is 16.4. The van der Waals surface area contributed by atoms with Crippen molar-refractivity contribution in [3.05, 3.63) is 28.7 Å². The van der Waals surface area contributed by atoms with Crippen molar-refractivity contribution in [1.29, 1.82) is 0 Å². The third kappa shape index (κ3) is 2.50. The first-order chi connectivity index (χ1) is 8.08. The van der Waals surface area contributed by atoms with Gasteiger partial charge in [-0.1, -0.05) is 0 Å². The molecule has 5 nitrogen and oxygen atoms in total. The number of fused-ring (bicyclic) bond motifs is 1. The molecule has 0 aliphatic rings. The number of rotatable bonds is 4. The zero-order valence-corrected chi connectivity index (χ0v) is 10.1. The van der Waals surface area contributed by atoms with E-state index in [1.807, 2.05) is 14.1 Å². The highest BCUT2D eigenvalue weighted by Crippen LogP contribution is 2.16. The van der Waals surface area contributed by atoms with Gasteiger partial charge in [-0.2, -0.15) is 0 Å². The summed E-state index contributed by atoms with van der Waals surface area (Å²) >= 11 is 0. The molecule has 0 bridgehead atoms. The summed E-state index contributed by atoms with van der Waals surface area (Å²) < 4.78 is 6.78. The molecule has 1 aromatic carbocycles. The van der Waals surface area contributed by atoms with Gasteiger partial charge < -0.3 is 15.1 Å². The van der Waals surface area contributed by atoms with Crippen molar-refractivity contribution in [2.45, 2.75) is 13.0 Å². The summed E-state index contributed by atoms with van der Waals surface area (Å²) in [5.74, 6) is -0.315. The van der Waals surface area contributed by atoms with E-state index < -0.39 is 0 Å². The van der Waals surface area contributed by atoms with Crippen molar-refractivity contribution in [2.24, 2.45) is 0 Å². The van der Waals surface area contributed by atoms with Gasteiger partial charge in [-0.05, 0) is 45.3 Å². The maximum atomic E-state index is 11.7. The van der Waals surface area contributed by atoms with Gasteiger partial charge in [0.2, 0.25) is 0 Å². The van der Waals surface area contributed by atoms with Gasteiger partial charge in [-0.15, -0.1) is 0 Å². The van der Waals surface area contributed by atoms with Crippen LogP contribution in [0.5, 0.6) is 0 Å². The molecule has 0 saturated heterocycles. The molecule has 1 heterocycles. The number of nitrogen functional groups attached to an aromatic ring is 1. The summed E-state index contributed by atoms with van der Waals surface area (Å²) in [5, 5.41) is 0. The quantitative estimate of drug-likeness (QED) is 0.807. The van der Waals surface area contributed by atoms with Crippen LogP contribution in [0.15, 0.2) is 27.4 Å². The van der Waals surface area contributed by atoms with E-state index in [0.29, 0.717) is 17.8 Å². The van der Waals surface area contributed by atoms with Gasteiger partial charge in [-0.25, -0.2) is 4.79 Å². The van der Waals surface area contributed by atoms with Crippen LogP contribution in [0.4, 0.5) is 5.69 Å². The maximum absolute atomic E-state index is 11.7. The number of benzene rings is 1. The molecule has 2 rings (SSSR count). The SMILES string of the molecule is CN(C)CCCn1c(=O)oc2ccc(N)cc21. The fourth-order valence-corrected chi connectivity index (χ4v) is 1.84. The lowest BCUT2D eigenvalue weighted by Gasteiger charge is -2.09. The van der Waals surface area contributed by atoms with E-state index in [1.165, 1.54) is 0 Å². The van der Waals surface area contributed by atoms with Crippen LogP contribution >= 0.6 is 0 Å². The minimum absolute atomic E-state index is 0.315. The molecule has 1 aromatic heterocycles. The summed E-state index contributed by atoms with van der Waals surface area (Å²) in [6.45, 7) is 1.58. The number of aryl methyl sites for hydroxylation is 1. The van der Waals surface area contributed by atoms with Crippen LogP contribution in [0, 0.1) is 0 Å². The molecule has 0 radical (unpaired) electrons. The average Bonchev–Trinajstić information content (AvgIpc) is 2.55. The standard InChI is InChI=1S/C12H17N3O2/c1-14(2)6-3-7-15-10-8-9(13)4-5-11(10)17-12(15)16/h4-5,8H,3,6-7,13H2,1-2H3. The fraction of sp³-hybridized carbons (Fsp3) is 0.417. The molecular weight excluding hydrogens is 218 g/mol. The number of oxazole rings is 1. The number of hydrogen-bond donors (Lipinski definition) is 1. The van der Waals surface area contributed by atoms with E-state index in [9.17, 15) is 4.79 Å². The van der Waals surface area contributed by atoms with Gasteiger partial charge in [-0.3, -0.25) is 4.57 Å². The van der Waals surface area contributed by atoms with E-state index in [2.05, 4.69) is 4.90 Å². The summed E-state index contributed by atoms with van der Waals surface area (Å²) in [7, 11) is 4.02. The second-order valence-electron chi connectivity index (χ2n) is 4.40. The number of nitrogens with two attached hydrogens (primary N) is 1. The normalized spacial score (nSPS) is 11.5. The van der Waals surface area contributed by atoms with Gasteiger partial charge in [0.05, 0.1) is 5.52 Å². The summed E-state index contributed by atoms with van der Waals surface area (Å²) in [6, 6.07) is 5.24. The molecule has 0 saturated carbocycles. The lowest BCUT2D eigenvalue weighted by Crippen LogP contribution is -2.19. The summed E-state index contributed by atoms with van der Waals surface area (Å²) in [5.41, 5.74) is 7.72. The van der Waals surface area contributed by atoms with Crippen LogP contribution in [0.25, 0.3) is 11.1 Å². The minimum Gasteiger partial charge on any atom is -0.408 e. The van der Waals surface area contributed by atoms with E-state index >= 15 is 0 Å². The Morgan fingerprint density at radius 3 is 2.88 bits per heavy atom. The van der Waals surface area contributed by atoms with E-state index in [-0.39, 0.29) is 5.76 Å². The molecule has 0 spiro atoms. The van der Waals surface area contributed by atoms with Crippen LogP contribution < -0.4 is 11.5 Å². The Hall–Kier alpha value is -1.75. The largest absolute Gasteiger partial charge is 0.419 e. The Balaban J connectivity index is 2.29. The van der Waals surface area contributed by atoms with Crippen molar-refractivity contribution < 1.29 is 4.42 Å². The van der Waals surface area contributed by atoms with Crippen LogP contribution in [-0.4, -0.2) is 30.1 Å². The highest BCUT2D eigenvalue weighted by Gasteiger charge is 2.08. The molecule has 0 fully saturated rings. The zero-order chi connectivity index (χ0) is 12.4. The molecular formula is C12H17N3O2. The molecule has 0 aliphatic heterocycles. The number of hydrogen-bond acceptors (Lipinski definition) is 4. The predicted octanol–water partition coefficient (Wildman–Crippen LogP) is 1.13. The van der Waals surface area contributed by atoms with Crippen molar-refractivity contribution >= 4 is 16.8 Å². The molecule has 92 valence electrons. The third-order valence-corrected chi connectivity index (χ3v) is 2.68. The first kappa shape index (κ1) is 11.7. The summed E-state index contributed by atoms with van der Waals surface area (Å²) in [6.07, 6.45) is 0.899. The lowest BCUT2D eigenvalue weighted by molar-refractivity contribution is 0.381. The van der Waals surface area contributed by atoms with E-state index in [0.717, 1.165) is 18.5 Å². The maximum Gasteiger partial charge on any atom is 0.419 e. The lowest BCUT2D eigenvalue weighted by atomic mass is 10.3. The second kappa shape index (κ2) is 4.63. The first-order valence-electron chi connectivity index (χ1n) is 5.61. The van der Waals surface area contributed by atoms with Gasteiger partial charge in [0, 0.05) is 12.2 Å². The topological polar surface area (TPSA) is 64.4 Å². The Kier molecular flexibility index (Phi) is 3.19. The van der Waals surface area contributed by atoms with Gasteiger partial charge in [0.25, 0.3) is 0 Å². The molecule has 2 aromatic rings. The third-order valence-electron chi connectivity index (χ3n) is 2.68. The molecule has 0 unspecified atom stereocenters. The van der Waals surface area contributed by atoms with Crippen molar-refractivity contribution in [3.8, 4) is 0 Å². The molecule has 2 N–H and O–H groups in total. The van der Waals surface area contributed by atoms with E-state index in [4.69, 9.17) is 10.2 Å². The van der Waals surface area contributed by atoms with Gasteiger partial charge in [0.1, 0.15) is 0 Å². The number of anilines is 1. The average molecular weight is 235 g/mol. The van der Waals surface area contributed by atoms with Crippen LogP contribution in [-0.2, 0) is 6.54 Å². The fourth-order valence-electron chi connectivity index (χ4n) is 1.84. The van der Waals surface area contributed by atoms with Crippen molar-refractivity contribution in [3.63, 3.8) is 0 Å². The molecule has 0 amide bonds. The monoisotopic (exact) mass is 235 g/mol. The predicted molar refractivity (Wildman–Crippen MR) is 68.1 cm³/mol. The number of nitrogens with zero attached hydrogens (tertiary/aromatic N) is 2. The zero-order valence-electron chi connectivity index (χ0n) is 10.1. The smallest absolute Gasteiger partial charge is 0.408 e. The van der Waals surface area contributed by atoms with Gasteiger partial charge in [0.15, 0.2) is 5.58 Å². The van der Waals surface area contributed by atoms with Crippen LogP contribution in [0.3, 0.4) is 0 Å². The van der Waals surface area contributed by atoms with Crippen molar-refractivity contribution in [1.82, 2.24) is 9.47 Å². The molecule has 17 heavy (non-hydrogen) atoms. The first-order valence-corrected chi connectivity index (χ1v) is 5.61.